The highest BCUT2D eigenvalue weighted by atomic mass is 16.4. The molecule has 1 aliphatic carbocycles. The first-order chi connectivity index (χ1) is 8.61. The summed E-state index contributed by atoms with van der Waals surface area (Å²) in [5.41, 5.74) is 2.73. The number of aryl methyl sites for hydroxylation is 1. The van der Waals surface area contributed by atoms with Crippen molar-refractivity contribution in [3.8, 4) is 0 Å². The largest absolute Gasteiger partial charge is 0.478 e. The number of rotatable bonds is 2. The smallest absolute Gasteiger partial charge is 0.338 e. The molecule has 1 saturated carbocycles. The van der Waals surface area contributed by atoms with Gasteiger partial charge in [0, 0.05) is 18.5 Å². The van der Waals surface area contributed by atoms with Crippen LogP contribution in [0.4, 0.5) is 5.69 Å². The molecule has 0 amide bonds. The number of benzene rings is 1. The summed E-state index contributed by atoms with van der Waals surface area (Å²) in [6.45, 7) is 3.95. The quantitative estimate of drug-likeness (QED) is 0.870. The lowest BCUT2D eigenvalue weighted by Gasteiger charge is -2.50. The van der Waals surface area contributed by atoms with E-state index < -0.39 is 5.97 Å². The van der Waals surface area contributed by atoms with E-state index in [1.807, 2.05) is 25.1 Å². The van der Waals surface area contributed by atoms with E-state index in [9.17, 15) is 9.90 Å². The van der Waals surface area contributed by atoms with Crippen molar-refractivity contribution < 1.29 is 9.90 Å². The summed E-state index contributed by atoms with van der Waals surface area (Å²) < 4.78 is 0. The van der Waals surface area contributed by atoms with Gasteiger partial charge in [0.25, 0.3) is 0 Å². The van der Waals surface area contributed by atoms with Crippen LogP contribution in [0.25, 0.3) is 0 Å². The summed E-state index contributed by atoms with van der Waals surface area (Å²) in [4.78, 5) is 13.6. The summed E-state index contributed by atoms with van der Waals surface area (Å²) in [5, 5.41) is 9.35. The Balaban J connectivity index is 1.86. The van der Waals surface area contributed by atoms with Gasteiger partial charge in [-0.15, -0.1) is 0 Å². The molecule has 2 aliphatic rings. The second-order valence-electron chi connectivity index (χ2n) is 5.84. The Bertz CT molecular complexity index is 481. The fourth-order valence-corrected chi connectivity index (χ4v) is 3.57. The minimum atomic E-state index is -0.810. The van der Waals surface area contributed by atoms with Crippen LogP contribution in [-0.2, 0) is 0 Å². The molecule has 1 spiro atoms. The van der Waals surface area contributed by atoms with Gasteiger partial charge in [-0.1, -0.05) is 25.0 Å². The van der Waals surface area contributed by atoms with Gasteiger partial charge in [0.15, 0.2) is 0 Å². The van der Waals surface area contributed by atoms with E-state index in [1.54, 1.807) is 0 Å². The van der Waals surface area contributed by atoms with Crippen molar-refractivity contribution in [3.63, 3.8) is 0 Å². The molecule has 0 bridgehead atoms. The number of hydrogen-bond donors (Lipinski definition) is 1. The molecule has 1 saturated heterocycles. The minimum absolute atomic E-state index is 0.477. The molecule has 1 heterocycles. The Labute approximate surface area is 107 Å². The third-order valence-electron chi connectivity index (χ3n) is 4.52. The van der Waals surface area contributed by atoms with E-state index >= 15 is 0 Å². The molecule has 2 fully saturated rings. The molecular formula is C15H19NO2. The first-order valence-electron chi connectivity index (χ1n) is 6.69. The molecule has 0 atom stereocenters. The highest BCUT2D eigenvalue weighted by molar-refractivity contribution is 5.96. The van der Waals surface area contributed by atoms with E-state index in [0.717, 1.165) is 24.3 Å². The standard InChI is InChI=1S/C15H19NO2/c1-11-5-4-6-12(13(11)14(17)18)16-9-15(10-16)7-2-3-8-15/h4-6H,2-3,7-10H2,1H3,(H,17,18). The lowest BCUT2D eigenvalue weighted by molar-refractivity contribution is 0.0695. The predicted molar refractivity (Wildman–Crippen MR) is 71.3 cm³/mol. The van der Waals surface area contributed by atoms with Crippen molar-refractivity contribution in [2.45, 2.75) is 32.6 Å². The SMILES string of the molecule is Cc1cccc(N2CC3(CCCC3)C2)c1C(=O)O. The molecule has 0 aromatic heterocycles. The molecule has 3 heteroatoms. The van der Waals surface area contributed by atoms with Gasteiger partial charge < -0.3 is 10.0 Å². The minimum Gasteiger partial charge on any atom is -0.478 e. The van der Waals surface area contributed by atoms with Gasteiger partial charge in [0.2, 0.25) is 0 Å². The van der Waals surface area contributed by atoms with Crippen LogP contribution in [0.5, 0.6) is 0 Å². The monoisotopic (exact) mass is 245 g/mol. The average molecular weight is 245 g/mol. The number of carboxylic acid groups (broad SMARTS) is 1. The Morgan fingerprint density at radius 3 is 2.56 bits per heavy atom. The molecule has 1 aromatic rings. The second kappa shape index (κ2) is 4.01. The van der Waals surface area contributed by atoms with Crippen molar-refractivity contribution in [3.05, 3.63) is 29.3 Å². The van der Waals surface area contributed by atoms with Gasteiger partial charge in [-0.25, -0.2) is 4.79 Å². The van der Waals surface area contributed by atoms with Gasteiger partial charge >= 0.3 is 5.97 Å². The van der Waals surface area contributed by atoms with E-state index in [0.29, 0.717) is 11.0 Å². The molecule has 96 valence electrons. The van der Waals surface area contributed by atoms with E-state index in [2.05, 4.69) is 4.90 Å². The molecule has 3 nitrogen and oxygen atoms in total. The summed E-state index contributed by atoms with van der Waals surface area (Å²) in [6, 6.07) is 5.77. The maximum Gasteiger partial charge on any atom is 0.338 e. The lowest BCUT2D eigenvalue weighted by atomic mass is 9.77. The van der Waals surface area contributed by atoms with Crippen molar-refractivity contribution in [1.82, 2.24) is 0 Å². The van der Waals surface area contributed by atoms with Crippen LogP contribution in [0.1, 0.15) is 41.6 Å². The van der Waals surface area contributed by atoms with Crippen molar-refractivity contribution in [1.29, 1.82) is 0 Å². The number of nitrogens with zero attached hydrogens (tertiary/aromatic N) is 1. The first kappa shape index (κ1) is 11.6. The molecule has 1 N–H and O–H groups in total. The zero-order chi connectivity index (χ0) is 12.8. The Morgan fingerprint density at radius 1 is 1.28 bits per heavy atom. The Morgan fingerprint density at radius 2 is 1.94 bits per heavy atom. The van der Waals surface area contributed by atoms with E-state index in [1.165, 1.54) is 25.7 Å². The maximum atomic E-state index is 11.4. The number of carbonyl (C=O) groups is 1. The van der Waals surface area contributed by atoms with Gasteiger partial charge in [-0.05, 0) is 31.4 Å². The Kier molecular flexibility index (Phi) is 2.58. The zero-order valence-corrected chi connectivity index (χ0v) is 10.8. The Hall–Kier alpha value is -1.51. The molecule has 18 heavy (non-hydrogen) atoms. The topological polar surface area (TPSA) is 40.5 Å². The van der Waals surface area contributed by atoms with Crippen LogP contribution in [0.3, 0.4) is 0 Å². The third-order valence-corrected chi connectivity index (χ3v) is 4.52. The van der Waals surface area contributed by atoms with Gasteiger partial charge in [0.1, 0.15) is 0 Å². The molecular weight excluding hydrogens is 226 g/mol. The fourth-order valence-electron chi connectivity index (χ4n) is 3.57. The number of anilines is 1. The average Bonchev–Trinajstić information content (AvgIpc) is 2.75. The zero-order valence-electron chi connectivity index (χ0n) is 10.8. The van der Waals surface area contributed by atoms with Crippen LogP contribution in [0, 0.1) is 12.3 Å². The van der Waals surface area contributed by atoms with Crippen LogP contribution in [-0.4, -0.2) is 24.2 Å². The van der Waals surface area contributed by atoms with Crippen LogP contribution >= 0.6 is 0 Å². The third kappa shape index (κ3) is 1.69. The highest BCUT2D eigenvalue weighted by Gasteiger charge is 2.45. The second-order valence-corrected chi connectivity index (χ2v) is 5.84. The van der Waals surface area contributed by atoms with Gasteiger partial charge in [-0.2, -0.15) is 0 Å². The van der Waals surface area contributed by atoms with Crippen LogP contribution in [0.15, 0.2) is 18.2 Å². The van der Waals surface area contributed by atoms with Crippen molar-refractivity contribution >= 4 is 11.7 Å². The van der Waals surface area contributed by atoms with Crippen molar-refractivity contribution in [2.24, 2.45) is 5.41 Å². The normalized spacial score (nSPS) is 21.1. The van der Waals surface area contributed by atoms with Crippen molar-refractivity contribution in [2.75, 3.05) is 18.0 Å². The van der Waals surface area contributed by atoms with E-state index in [-0.39, 0.29) is 0 Å². The number of aromatic carboxylic acids is 1. The summed E-state index contributed by atoms with van der Waals surface area (Å²) in [7, 11) is 0. The highest BCUT2D eigenvalue weighted by Crippen LogP contribution is 2.47. The maximum absolute atomic E-state index is 11.4. The number of carboxylic acids is 1. The summed E-state index contributed by atoms with van der Waals surface area (Å²) in [6.07, 6.45) is 5.32. The molecule has 0 radical (unpaired) electrons. The lowest BCUT2D eigenvalue weighted by Crippen LogP contribution is -2.55. The first-order valence-corrected chi connectivity index (χ1v) is 6.69. The van der Waals surface area contributed by atoms with E-state index in [4.69, 9.17) is 0 Å². The molecule has 1 aromatic carbocycles. The molecule has 0 unspecified atom stereocenters. The fraction of sp³-hybridized carbons (Fsp3) is 0.533. The number of hydrogen-bond acceptors (Lipinski definition) is 2. The van der Waals surface area contributed by atoms with Gasteiger partial charge in [-0.3, -0.25) is 0 Å². The van der Waals surface area contributed by atoms with Crippen LogP contribution < -0.4 is 4.90 Å². The predicted octanol–water partition coefficient (Wildman–Crippen LogP) is 3.07. The molecule has 1 aliphatic heterocycles. The summed E-state index contributed by atoms with van der Waals surface area (Å²) in [5.74, 6) is -0.810. The molecule has 3 rings (SSSR count). The summed E-state index contributed by atoms with van der Waals surface area (Å²) >= 11 is 0. The van der Waals surface area contributed by atoms with Gasteiger partial charge in [0.05, 0.1) is 11.3 Å². The van der Waals surface area contributed by atoms with Crippen LogP contribution in [0.2, 0.25) is 0 Å².